The number of nitrogens with zero attached hydrogens (tertiary/aromatic N) is 2. The molecule has 6 rings (SSSR count). The Morgan fingerprint density at radius 3 is 2.39 bits per heavy atom. The third-order valence-corrected chi connectivity index (χ3v) is 7.96. The van der Waals surface area contributed by atoms with Gasteiger partial charge in [0, 0.05) is 39.5 Å². The molecule has 0 radical (unpaired) electrons. The summed E-state index contributed by atoms with van der Waals surface area (Å²) in [7, 11) is 2.06. The maximum atomic E-state index is 10.2. The van der Waals surface area contributed by atoms with Gasteiger partial charge in [0.05, 0.1) is 23.8 Å². The second-order valence-corrected chi connectivity index (χ2v) is 11.4. The Bertz CT molecular complexity index is 1690. The minimum Gasteiger partial charge on any atom is -0.497 e. The molecule has 0 spiro atoms. The fourth-order valence-electron chi connectivity index (χ4n) is 6.07. The molecule has 2 aliphatic rings. The van der Waals surface area contributed by atoms with E-state index in [2.05, 4.69) is 88.8 Å². The Balaban J connectivity index is 1.72. The van der Waals surface area contributed by atoms with E-state index < -0.39 is 0 Å². The highest BCUT2D eigenvalue weighted by atomic mass is 16.5. The van der Waals surface area contributed by atoms with Crippen molar-refractivity contribution in [2.75, 3.05) is 6.61 Å². The quantitative estimate of drug-likeness (QED) is 0.284. The minimum absolute atomic E-state index is 0.0619. The van der Waals surface area contributed by atoms with Crippen LogP contribution in [0.1, 0.15) is 50.8 Å². The second-order valence-electron chi connectivity index (χ2n) is 11.4. The second kappa shape index (κ2) is 7.58. The highest BCUT2D eigenvalue weighted by Crippen LogP contribution is 2.56. The number of aromatic nitrogens is 1. The third kappa shape index (κ3) is 3.09. The van der Waals surface area contributed by atoms with Gasteiger partial charge in [0.1, 0.15) is 24.0 Å². The number of hydrogen-bond donors (Lipinski definition) is 0. The molecule has 0 saturated carbocycles. The number of fused-ring (bicyclic) bond motifs is 3. The Hall–Kier alpha value is -3.84. The SMILES string of the molecule is Cc1ccc2c(oc3c(C4=CC(C)(C)C5=C4C(C)(C)CCO5)c(C#N)ccc32)c1-c1cccc[n+]1C. The van der Waals surface area contributed by atoms with Crippen LogP contribution in [0.3, 0.4) is 0 Å². The zero-order valence-electron chi connectivity index (χ0n) is 21.8. The van der Waals surface area contributed by atoms with Crippen LogP contribution in [-0.4, -0.2) is 6.61 Å². The minimum atomic E-state index is -0.247. The molecule has 0 fully saturated rings. The summed E-state index contributed by atoms with van der Waals surface area (Å²) < 4.78 is 15.2. The normalized spacial score (nSPS) is 18.2. The molecule has 4 nitrogen and oxygen atoms in total. The van der Waals surface area contributed by atoms with Crippen molar-refractivity contribution in [1.82, 2.24) is 0 Å². The van der Waals surface area contributed by atoms with Crippen LogP contribution in [0.2, 0.25) is 0 Å². The highest BCUT2D eigenvalue weighted by molar-refractivity contribution is 6.13. The Labute approximate surface area is 212 Å². The van der Waals surface area contributed by atoms with E-state index in [-0.39, 0.29) is 10.8 Å². The number of ether oxygens (including phenoxy) is 1. The van der Waals surface area contributed by atoms with E-state index in [0.717, 1.165) is 62.1 Å². The van der Waals surface area contributed by atoms with Crippen LogP contribution < -0.4 is 4.57 Å². The summed E-state index contributed by atoms with van der Waals surface area (Å²) in [5.41, 5.74) is 8.42. The van der Waals surface area contributed by atoms with Crippen LogP contribution >= 0.6 is 0 Å². The van der Waals surface area contributed by atoms with Crippen LogP contribution in [0.5, 0.6) is 0 Å². The van der Waals surface area contributed by atoms with Crippen molar-refractivity contribution >= 4 is 27.5 Å². The van der Waals surface area contributed by atoms with Crippen LogP contribution in [0.4, 0.5) is 0 Å². The molecule has 3 heterocycles. The van der Waals surface area contributed by atoms with Gasteiger partial charge in [0.25, 0.3) is 0 Å². The summed E-state index contributed by atoms with van der Waals surface area (Å²) in [5, 5.41) is 12.3. The summed E-state index contributed by atoms with van der Waals surface area (Å²) in [6.45, 7) is 11.8. The van der Waals surface area contributed by atoms with E-state index >= 15 is 0 Å². The maximum absolute atomic E-state index is 10.2. The van der Waals surface area contributed by atoms with Gasteiger partial charge in [-0.1, -0.05) is 32.1 Å². The summed E-state index contributed by atoms with van der Waals surface area (Å²) in [6.07, 6.45) is 5.27. The van der Waals surface area contributed by atoms with Crippen molar-refractivity contribution in [3.8, 4) is 17.3 Å². The molecule has 0 N–H and O–H groups in total. The fraction of sp³-hybridized carbons (Fsp3) is 0.312. The molecule has 36 heavy (non-hydrogen) atoms. The maximum Gasteiger partial charge on any atom is 0.216 e. The van der Waals surface area contributed by atoms with Crippen molar-refractivity contribution in [3.63, 3.8) is 0 Å². The van der Waals surface area contributed by atoms with E-state index in [1.54, 1.807) is 0 Å². The summed E-state index contributed by atoms with van der Waals surface area (Å²) >= 11 is 0. The van der Waals surface area contributed by atoms with Crippen LogP contribution in [0.15, 0.2) is 70.5 Å². The summed E-state index contributed by atoms with van der Waals surface area (Å²) in [5.74, 6) is 1.03. The van der Waals surface area contributed by atoms with Gasteiger partial charge in [-0.2, -0.15) is 5.26 Å². The van der Waals surface area contributed by atoms with Gasteiger partial charge in [-0.25, -0.2) is 4.57 Å². The molecule has 2 aromatic carbocycles. The number of allylic oxidation sites excluding steroid dienone is 3. The molecule has 0 bridgehead atoms. The number of pyridine rings is 1. The predicted octanol–water partition coefficient (Wildman–Crippen LogP) is 7.38. The molecule has 180 valence electrons. The lowest BCUT2D eigenvalue weighted by Crippen LogP contribution is -2.30. The van der Waals surface area contributed by atoms with E-state index in [1.807, 2.05) is 18.2 Å². The van der Waals surface area contributed by atoms with Gasteiger partial charge in [-0.3, -0.25) is 0 Å². The lowest BCUT2D eigenvalue weighted by atomic mass is 9.74. The van der Waals surface area contributed by atoms with Gasteiger partial charge in [0.15, 0.2) is 6.20 Å². The number of hydrogen-bond acceptors (Lipinski definition) is 3. The lowest BCUT2D eigenvalue weighted by molar-refractivity contribution is -0.660. The number of furan rings is 1. The number of benzene rings is 2. The first-order valence-electron chi connectivity index (χ1n) is 12.6. The molecule has 0 atom stereocenters. The van der Waals surface area contributed by atoms with Crippen molar-refractivity contribution in [1.29, 1.82) is 5.26 Å². The van der Waals surface area contributed by atoms with E-state index in [0.29, 0.717) is 12.2 Å². The molecule has 2 aromatic heterocycles. The Kier molecular flexibility index (Phi) is 4.76. The van der Waals surface area contributed by atoms with Crippen LogP contribution in [0, 0.1) is 29.1 Å². The lowest BCUT2D eigenvalue weighted by Gasteiger charge is -2.36. The average Bonchev–Trinajstić information content (AvgIpc) is 3.34. The Morgan fingerprint density at radius 2 is 1.67 bits per heavy atom. The summed E-state index contributed by atoms with van der Waals surface area (Å²) in [6, 6.07) is 16.9. The van der Waals surface area contributed by atoms with Gasteiger partial charge in [0.2, 0.25) is 5.69 Å². The first kappa shape index (κ1) is 22.6. The molecule has 1 aliphatic heterocycles. The largest absolute Gasteiger partial charge is 0.497 e. The van der Waals surface area contributed by atoms with Crippen molar-refractivity contribution in [3.05, 3.63) is 82.8 Å². The zero-order chi connectivity index (χ0) is 25.4. The molecule has 1 aliphatic carbocycles. The zero-order valence-corrected chi connectivity index (χ0v) is 21.8. The average molecular weight is 476 g/mol. The number of rotatable bonds is 2. The van der Waals surface area contributed by atoms with E-state index in [4.69, 9.17) is 9.15 Å². The standard InChI is InChI=1S/C32H31N2O2/c1-19-10-12-21-22-13-11-20(18-33)26(23-17-32(4,5)30-27(23)31(2,3)14-16-35-30)29(22)36-28(21)25(19)24-9-7-8-15-34(24)6/h7-13,15,17H,14,16H2,1-6H3/q+1. The van der Waals surface area contributed by atoms with Crippen molar-refractivity contribution in [2.24, 2.45) is 17.9 Å². The van der Waals surface area contributed by atoms with Gasteiger partial charge in [-0.15, -0.1) is 0 Å². The van der Waals surface area contributed by atoms with Gasteiger partial charge in [-0.05, 0) is 61.9 Å². The predicted molar refractivity (Wildman–Crippen MR) is 143 cm³/mol. The third-order valence-electron chi connectivity index (χ3n) is 7.96. The fourth-order valence-corrected chi connectivity index (χ4v) is 6.07. The van der Waals surface area contributed by atoms with Crippen molar-refractivity contribution < 1.29 is 13.7 Å². The number of aryl methyl sites for hydroxylation is 2. The Morgan fingerprint density at radius 1 is 0.944 bits per heavy atom. The smallest absolute Gasteiger partial charge is 0.216 e. The van der Waals surface area contributed by atoms with E-state index in [9.17, 15) is 5.26 Å². The first-order chi connectivity index (χ1) is 17.1. The molecule has 0 amide bonds. The molecule has 4 heteroatoms. The van der Waals surface area contributed by atoms with Gasteiger partial charge < -0.3 is 9.15 Å². The monoisotopic (exact) mass is 475 g/mol. The highest BCUT2D eigenvalue weighted by Gasteiger charge is 2.45. The number of nitriles is 1. The molecular formula is C32H31N2O2+. The topological polar surface area (TPSA) is 50.0 Å². The van der Waals surface area contributed by atoms with Crippen LogP contribution in [0.25, 0.3) is 38.8 Å². The first-order valence-corrected chi connectivity index (χ1v) is 12.6. The van der Waals surface area contributed by atoms with Crippen LogP contribution in [-0.2, 0) is 11.8 Å². The van der Waals surface area contributed by atoms with E-state index in [1.165, 1.54) is 5.57 Å². The molecule has 0 unspecified atom stereocenters. The molecule has 4 aromatic rings. The molecule has 0 saturated heterocycles. The molecular weight excluding hydrogens is 444 g/mol. The van der Waals surface area contributed by atoms with Crippen molar-refractivity contribution in [2.45, 2.75) is 41.0 Å². The van der Waals surface area contributed by atoms with Gasteiger partial charge >= 0.3 is 0 Å². The summed E-state index contributed by atoms with van der Waals surface area (Å²) in [4.78, 5) is 0.